The smallest absolute Gasteiger partial charge is 0.225 e. The fraction of sp³-hybridized carbons (Fsp3) is 0.308. The lowest BCUT2D eigenvalue weighted by Crippen LogP contribution is -1.90. The van der Waals surface area contributed by atoms with Crippen LogP contribution in [0.5, 0.6) is 0 Å². The van der Waals surface area contributed by atoms with E-state index in [2.05, 4.69) is 36.3 Å². The van der Waals surface area contributed by atoms with Gasteiger partial charge >= 0.3 is 0 Å². The Morgan fingerprint density at radius 1 is 1.12 bits per heavy atom. The minimum absolute atomic E-state index is 0.428. The first-order valence-corrected chi connectivity index (χ1v) is 5.59. The van der Waals surface area contributed by atoms with Gasteiger partial charge in [-0.15, -0.1) is 0 Å². The van der Waals surface area contributed by atoms with Gasteiger partial charge in [0.1, 0.15) is 5.69 Å². The van der Waals surface area contributed by atoms with Gasteiger partial charge in [0.25, 0.3) is 0 Å². The van der Waals surface area contributed by atoms with Gasteiger partial charge in [-0.3, -0.25) is 0 Å². The van der Waals surface area contributed by atoms with Crippen LogP contribution < -0.4 is 5.73 Å². The lowest BCUT2D eigenvalue weighted by Gasteiger charge is -2.01. The minimum atomic E-state index is 0.428. The molecule has 0 bridgehead atoms. The molecule has 0 saturated carbocycles. The first-order chi connectivity index (χ1) is 7.76. The molecular weight excluding hydrogens is 200 g/mol. The van der Waals surface area contributed by atoms with Crippen molar-refractivity contribution in [3.05, 3.63) is 35.4 Å². The predicted molar refractivity (Wildman–Crippen MR) is 65.1 cm³/mol. The number of aryl methyl sites for hydroxylation is 1. The molecule has 1 aromatic carbocycles. The van der Waals surface area contributed by atoms with Crippen molar-refractivity contribution in [3.8, 4) is 11.3 Å². The molecule has 0 aliphatic rings. The molecule has 3 nitrogen and oxygen atoms in total. The third-order valence-corrected chi connectivity index (χ3v) is 2.81. The summed E-state index contributed by atoms with van der Waals surface area (Å²) in [6.07, 6.45) is 1.88. The Balaban J connectivity index is 2.42. The van der Waals surface area contributed by atoms with Crippen LogP contribution in [0.25, 0.3) is 11.3 Å². The van der Waals surface area contributed by atoms with Crippen LogP contribution in [-0.4, -0.2) is 5.16 Å². The third kappa shape index (κ3) is 1.81. The standard InChI is InChI=1S/C13H16N2O/c1-3-9-5-7-10(8-6-9)12-11(4-2)13(14)16-15-12/h5-8H,3-4,14H2,1-2H3. The van der Waals surface area contributed by atoms with Crippen LogP contribution in [0, 0.1) is 0 Å². The summed E-state index contributed by atoms with van der Waals surface area (Å²) in [5.41, 5.74) is 9.95. The van der Waals surface area contributed by atoms with Gasteiger partial charge in [-0.25, -0.2) is 0 Å². The molecule has 0 aliphatic heterocycles. The molecule has 84 valence electrons. The fourth-order valence-electron chi connectivity index (χ4n) is 1.79. The van der Waals surface area contributed by atoms with Crippen LogP contribution in [0.2, 0.25) is 0 Å². The monoisotopic (exact) mass is 216 g/mol. The zero-order valence-electron chi connectivity index (χ0n) is 9.66. The van der Waals surface area contributed by atoms with Crippen molar-refractivity contribution in [3.63, 3.8) is 0 Å². The second kappa shape index (κ2) is 4.39. The van der Waals surface area contributed by atoms with Crippen LogP contribution in [0.15, 0.2) is 28.8 Å². The number of nitrogens with two attached hydrogens (primary N) is 1. The summed E-state index contributed by atoms with van der Waals surface area (Å²) >= 11 is 0. The molecule has 3 heteroatoms. The van der Waals surface area contributed by atoms with E-state index in [-0.39, 0.29) is 0 Å². The summed E-state index contributed by atoms with van der Waals surface area (Å²) in [5.74, 6) is 0.428. The van der Waals surface area contributed by atoms with Crippen molar-refractivity contribution in [2.45, 2.75) is 26.7 Å². The van der Waals surface area contributed by atoms with Gasteiger partial charge in [-0.1, -0.05) is 43.3 Å². The van der Waals surface area contributed by atoms with E-state index in [4.69, 9.17) is 10.3 Å². The van der Waals surface area contributed by atoms with Gasteiger partial charge < -0.3 is 10.3 Å². The third-order valence-electron chi connectivity index (χ3n) is 2.81. The number of nitrogens with zero attached hydrogens (tertiary/aromatic N) is 1. The molecule has 0 amide bonds. The molecule has 0 spiro atoms. The zero-order valence-corrected chi connectivity index (χ0v) is 9.66. The number of rotatable bonds is 3. The first kappa shape index (κ1) is 10.7. The maximum Gasteiger partial charge on any atom is 0.225 e. The van der Waals surface area contributed by atoms with Crippen LogP contribution in [0.1, 0.15) is 25.0 Å². The molecule has 1 heterocycles. The second-order valence-electron chi connectivity index (χ2n) is 3.78. The molecule has 0 atom stereocenters. The van der Waals surface area contributed by atoms with E-state index in [1.54, 1.807) is 0 Å². The van der Waals surface area contributed by atoms with Crippen LogP contribution in [0.4, 0.5) is 5.88 Å². The summed E-state index contributed by atoms with van der Waals surface area (Å²) < 4.78 is 5.03. The highest BCUT2D eigenvalue weighted by molar-refractivity contribution is 5.67. The molecule has 0 radical (unpaired) electrons. The summed E-state index contributed by atoms with van der Waals surface area (Å²) in [4.78, 5) is 0. The Hall–Kier alpha value is -1.77. The molecule has 0 saturated heterocycles. The number of hydrogen-bond acceptors (Lipinski definition) is 3. The topological polar surface area (TPSA) is 52.0 Å². The van der Waals surface area contributed by atoms with Crippen molar-refractivity contribution in [1.29, 1.82) is 0 Å². The average Bonchev–Trinajstić information content (AvgIpc) is 2.70. The molecule has 16 heavy (non-hydrogen) atoms. The summed E-state index contributed by atoms with van der Waals surface area (Å²) in [6, 6.07) is 8.35. The Morgan fingerprint density at radius 2 is 1.81 bits per heavy atom. The number of anilines is 1. The summed E-state index contributed by atoms with van der Waals surface area (Å²) in [6.45, 7) is 4.19. The second-order valence-corrected chi connectivity index (χ2v) is 3.78. The first-order valence-electron chi connectivity index (χ1n) is 5.59. The number of nitrogen functional groups attached to an aromatic ring is 1. The molecule has 2 rings (SSSR count). The van der Waals surface area contributed by atoms with Crippen molar-refractivity contribution >= 4 is 5.88 Å². The Morgan fingerprint density at radius 3 is 2.38 bits per heavy atom. The lowest BCUT2D eigenvalue weighted by molar-refractivity contribution is 0.438. The lowest BCUT2D eigenvalue weighted by atomic mass is 10.0. The summed E-state index contributed by atoms with van der Waals surface area (Å²) in [7, 11) is 0. The van der Waals surface area contributed by atoms with E-state index >= 15 is 0 Å². The molecule has 0 fully saturated rings. The Labute approximate surface area is 95.3 Å². The van der Waals surface area contributed by atoms with Crippen molar-refractivity contribution < 1.29 is 4.52 Å². The van der Waals surface area contributed by atoms with Gasteiger partial charge in [0.2, 0.25) is 5.88 Å². The van der Waals surface area contributed by atoms with Crippen LogP contribution in [0.3, 0.4) is 0 Å². The van der Waals surface area contributed by atoms with E-state index < -0.39 is 0 Å². The molecule has 0 unspecified atom stereocenters. The number of aromatic nitrogens is 1. The van der Waals surface area contributed by atoms with Crippen molar-refractivity contribution in [2.24, 2.45) is 0 Å². The Kier molecular flexibility index (Phi) is 2.95. The highest BCUT2D eigenvalue weighted by Gasteiger charge is 2.13. The fourth-order valence-corrected chi connectivity index (χ4v) is 1.79. The predicted octanol–water partition coefficient (Wildman–Crippen LogP) is 3.05. The SMILES string of the molecule is CCc1ccc(-c2noc(N)c2CC)cc1. The van der Waals surface area contributed by atoms with Crippen molar-refractivity contribution in [2.75, 3.05) is 5.73 Å². The van der Waals surface area contributed by atoms with Gasteiger partial charge in [-0.05, 0) is 18.4 Å². The maximum atomic E-state index is 5.72. The number of hydrogen-bond donors (Lipinski definition) is 1. The van der Waals surface area contributed by atoms with E-state index in [1.807, 2.05) is 6.92 Å². The van der Waals surface area contributed by atoms with Crippen LogP contribution in [-0.2, 0) is 12.8 Å². The average molecular weight is 216 g/mol. The van der Waals surface area contributed by atoms with Gasteiger partial charge in [-0.2, -0.15) is 0 Å². The molecule has 2 aromatic rings. The van der Waals surface area contributed by atoms with Gasteiger partial charge in [0.15, 0.2) is 0 Å². The van der Waals surface area contributed by atoms with Crippen molar-refractivity contribution in [1.82, 2.24) is 5.16 Å². The van der Waals surface area contributed by atoms with E-state index in [9.17, 15) is 0 Å². The van der Waals surface area contributed by atoms with E-state index in [0.29, 0.717) is 5.88 Å². The zero-order chi connectivity index (χ0) is 11.5. The van der Waals surface area contributed by atoms with Gasteiger partial charge in [0, 0.05) is 11.1 Å². The highest BCUT2D eigenvalue weighted by Crippen LogP contribution is 2.27. The molecule has 0 aliphatic carbocycles. The quantitative estimate of drug-likeness (QED) is 0.857. The number of benzene rings is 1. The van der Waals surface area contributed by atoms with Gasteiger partial charge in [0.05, 0.1) is 0 Å². The molecule has 2 N–H and O–H groups in total. The minimum Gasteiger partial charge on any atom is -0.367 e. The van der Waals surface area contributed by atoms with E-state index in [0.717, 1.165) is 29.7 Å². The maximum absolute atomic E-state index is 5.72. The highest BCUT2D eigenvalue weighted by atomic mass is 16.5. The van der Waals surface area contributed by atoms with Crippen LogP contribution >= 0.6 is 0 Å². The molecule has 1 aromatic heterocycles. The summed E-state index contributed by atoms with van der Waals surface area (Å²) in [5, 5.41) is 4.01. The largest absolute Gasteiger partial charge is 0.367 e. The van der Waals surface area contributed by atoms with E-state index in [1.165, 1.54) is 5.56 Å². The normalized spacial score (nSPS) is 10.6. The molecular formula is C13H16N2O. The Bertz CT molecular complexity index is 471.